The number of hydrogen-bond donors (Lipinski definition) is 1. The van der Waals surface area contributed by atoms with Crippen molar-refractivity contribution in [2.24, 2.45) is 5.92 Å². The highest BCUT2D eigenvalue weighted by Gasteiger charge is 2.15. The lowest BCUT2D eigenvalue weighted by molar-refractivity contribution is 0.243. The minimum absolute atomic E-state index is 0.458. The summed E-state index contributed by atoms with van der Waals surface area (Å²) in [6, 6.07) is 0.458. The molecule has 0 unspecified atom stereocenters. The van der Waals surface area contributed by atoms with Crippen LogP contribution in [-0.4, -0.2) is 41.5 Å². The van der Waals surface area contributed by atoms with Gasteiger partial charge in [-0.25, -0.2) is 9.97 Å². The Hall–Kier alpha value is -0.870. The van der Waals surface area contributed by atoms with E-state index in [0.717, 1.165) is 6.54 Å². The van der Waals surface area contributed by atoms with Crippen molar-refractivity contribution in [3.63, 3.8) is 0 Å². The SMILES string of the molecule is CC(C)[C@H](CNc1ncc(Cl)cn1)N(C)C. The van der Waals surface area contributed by atoms with Gasteiger partial charge in [-0.3, -0.25) is 0 Å². The number of aromatic nitrogens is 2. The number of likely N-dealkylation sites (N-methyl/N-ethyl adjacent to an activating group) is 1. The van der Waals surface area contributed by atoms with Gasteiger partial charge in [0.25, 0.3) is 0 Å². The van der Waals surface area contributed by atoms with E-state index in [1.54, 1.807) is 12.4 Å². The van der Waals surface area contributed by atoms with Gasteiger partial charge >= 0.3 is 0 Å². The summed E-state index contributed by atoms with van der Waals surface area (Å²) < 4.78 is 0. The molecule has 0 aromatic carbocycles. The summed E-state index contributed by atoms with van der Waals surface area (Å²) in [6.45, 7) is 5.23. The van der Waals surface area contributed by atoms with Gasteiger partial charge in [0.2, 0.25) is 5.95 Å². The van der Waals surface area contributed by atoms with Gasteiger partial charge in [-0.15, -0.1) is 0 Å². The van der Waals surface area contributed by atoms with Crippen molar-refractivity contribution in [3.05, 3.63) is 17.4 Å². The maximum atomic E-state index is 5.71. The van der Waals surface area contributed by atoms with Gasteiger partial charge in [-0.05, 0) is 20.0 Å². The molecule has 4 nitrogen and oxygen atoms in total. The van der Waals surface area contributed by atoms with Crippen LogP contribution in [-0.2, 0) is 0 Å². The summed E-state index contributed by atoms with van der Waals surface area (Å²) in [4.78, 5) is 10.4. The third-order valence-corrected chi connectivity index (χ3v) is 2.72. The van der Waals surface area contributed by atoms with Crippen molar-refractivity contribution in [1.29, 1.82) is 0 Å². The van der Waals surface area contributed by atoms with Crippen LogP contribution in [0.5, 0.6) is 0 Å². The van der Waals surface area contributed by atoms with Crippen molar-refractivity contribution in [2.45, 2.75) is 19.9 Å². The molecule has 1 aromatic heterocycles. The topological polar surface area (TPSA) is 41.1 Å². The Kier molecular flexibility index (Phi) is 4.96. The molecule has 0 radical (unpaired) electrons. The summed E-state index contributed by atoms with van der Waals surface area (Å²) >= 11 is 5.71. The van der Waals surface area contributed by atoms with Crippen molar-refractivity contribution >= 4 is 17.5 Å². The van der Waals surface area contributed by atoms with E-state index in [-0.39, 0.29) is 0 Å². The van der Waals surface area contributed by atoms with Gasteiger partial charge in [0.1, 0.15) is 0 Å². The largest absolute Gasteiger partial charge is 0.353 e. The minimum Gasteiger partial charge on any atom is -0.353 e. The molecule has 0 aliphatic carbocycles. The van der Waals surface area contributed by atoms with Gasteiger partial charge in [-0.1, -0.05) is 25.4 Å². The number of nitrogens with zero attached hydrogens (tertiary/aromatic N) is 3. The summed E-state index contributed by atoms with van der Waals surface area (Å²) in [6.07, 6.45) is 3.19. The normalized spacial score (nSPS) is 13.2. The van der Waals surface area contributed by atoms with Crippen molar-refractivity contribution in [1.82, 2.24) is 14.9 Å². The number of halogens is 1. The second kappa shape index (κ2) is 6.01. The average molecular weight is 243 g/mol. The summed E-state index contributed by atoms with van der Waals surface area (Å²) in [5.41, 5.74) is 0. The lowest BCUT2D eigenvalue weighted by atomic mass is 10.0. The van der Waals surface area contributed by atoms with Crippen LogP contribution < -0.4 is 5.32 Å². The first-order valence-corrected chi connectivity index (χ1v) is 5.76. The lowest BCUT2D eigenvalue weighted by Gasteiger charge is -2.28. The van der Waals surface area contributed by atoms with Crippen LogP contribution in [0.4, 0.5) is 5.95 Å². The molecule has 0 aliphatic heterocycles. The van der Waals surface area contributed by atoms with E-state index >= 15 is 0 Å². The van der Waals surface area contributed by atoms with E-state index < -0.39 is 0 Å². The van der Waals surface area contributed by atoms with E-state index in [1.807, 2.05) is 0 Å². The highest BCUT2D eigenvalue weighted by molar-refractivity contribution is 6.30. The van der Waals surface area contributed by atoms with E-state index in [2.05, 4.69) is 48.1 Å². The molecule has 0 saturated heterocycles. The maximum absolute atomic E-state index is 5.71. The van der Waals surface area contributed by atoms with Gasteiger partial charge in [0.05, 0.1) is 17.4 Å². The Labute approximate surface area is 102 Å². The predicted octanol–water partition coefficient (Wildman–Crippen LogP) is 2.13. The molecular weight excluding hydrogens is 224 g/mol. The average Bonchev–Trinajstić information content (AvgIpc) is 2.20. The zero-order valence-corrected chi connectivity index (χ0v) is 11.0. The Morgan fingerprint density at radius 1 is 1.31 bits per heavy atom. The van der Waals surface area contributed by atoms with Crippen LogP contribution in [0.3, 0.4) is 0 Å². The predicted molar refractivity (Wildman–Crippen MR) is 67.8 cm³/mol. The van der Waals surface area contributed by atoms with Crippen LogP contribution in [0.25, 0.3) is 0 Å². The molecule has 1 heterocycles. The first kappa shape index (κ1) is 13.2. The van der Waals surface area contributed by atoms with Crippen LogP contribution in [0, 0.1) is 5.92 Å². The minimum atomic E-state index is 0.458. The second-order valence-corrected chi connectivity index (χ2v) is 4.82. The standard InChI is InChI=1S/C11H19ClN4/c1-8(2)10(16(3)4)7-15-11-13-5-9(12)6-14-11/h5-6,8,10H,7H2,1-4H3,(H,13,14,15)/t10-/m0/s1. The van der Waals surface area contributed by atoms with Gasteiger partial charge in [0.15, 0.2) is 0 Å². The molecular formula is C11H19ClN4. The number of rotatable bonds is 5. The number of nitrogens with one attached hydrogen (secondary N) is 1. The maximum Gasteiger partial charge on any atom is 0.222 e. The number of anilines is 1. The molecule has 1 N–H and O–H groups in total. The van der Waals surface area contributed by atoms with Crippen molar-refractivity contribution in [3.8, 4) is 0 Å². The Balaban J connectivity index is 2.52. The van der Waals surface area contributed by atoms with E-state index in [1.165, 1.54) is 0 Å². The van der Waals surface area contributed by atoms with Gasteiger partial charge in [0, 0.05) is 12.6 Å². The summed E-state index contributed by atoms with van der Waals surface area (Å²) in [7, 11) is 4.16. The van der Waals surface area contributed by atoms with E-state index in [9.17, 15) is 0 Å². The molecule has 1 rings (SSSR count). The quantitative estimate of drug-likeness (QED) is 0.859. The lowest BCUT2D eigenvalue weighted by Crippen LogP contribution is -2.38. The van der Waals surface area contributed by atoms with E-state index in [0.29, 0.717) is 22.9 Å². The fourth-order valence-electron chi connectivity index (χ4n) is 1.61. The zero-order valence-electron chi connectivity index (χ0n) is 10.2. The third-order valence-electron chi connectivity index (χ3n) is 2.52. The molecule has 5 heteroatoms. The monoisotopic (exact) mass is 242 g/mol. The molecule has 0 spiro atoms. The van der Waals surface area contributed by atoms with Crippen LogP contribution in [0.1, 0.15) is 13.8 Å². The highest BCUT2D eigenvalue weighted by atomic mass is 35.5. The summed E-state index contributed by atoms with van der Waals surface area (Å²) in [5, 5.41) is 3.77. The third kappa shape index (κ3) is 3.94. The fourth-order valence-corrected chi connectivity index (χ4v) is 1.71. The van der Waals surface area contributed by atoms with E-state index in [4.69, 9.17) is 11.6 Å². The van der Waals surface area contributed by atoms with Gasteiger partial charge in [-0.2, -0.15) is 0 Å². The molecule has 0 bridgehead atoms. The van der Waals surface area contributed by atoms with Crippen molar-refractivity contribution in [2.75, 3.05) is 26.0 Å². The Morgan fingerprint density at radius 2 is 1.88 bits per heavy atom. The van der Waals surface area contributed by atoms with Crippen molar-refractivity contribution < 1.29 is 0 Å². The Bertz CT molecular complexity index is 302. The summed E-state index contributed by atoms with van der Waals surface area (Å²) in [5.74, 6) is 1.20. The molecule has 1 atom stereocenters. The smallest absolute Gasteiger partial charge is 0.222 e. The van der Waals surface area contributed by atoms with Crippen LogP contribution >= 0.6 is 11.6 Å². The number of hydrogen-bond acceptors (Lipinski definition) is 4. The van der Waals surface area contributed by atoms with Gasteiger partial charge < -0.3 is 10.2 Å². The molecule has 0 fully saturated rings. The first-order chi connectivity index (χ1) is 7.50. The zero-order chi connectivity index (χ0) is 12.1. The molecule has 0 saturated carbocycles. The van der Waals surface area contributed by atoms with Crippen LogP contribution in [0.15, 0.2) is 12.4 Å². The molecule has 0 amide bonds. The molecule has 1 aromatic rings. The molecule has 16 heavy (non-hydrogen) atoms. The highest BCUT2D eigenvalue weighted by Crippen LogP contribution is 2.09. The fraction of sp³-hybridized carbons (Fsp3) is 0.636. The molecule has 0 aliphatic rings. The first-order valence-electron chi connectivity index (χ1n) is 5.38. The molecule has 90 valence electrons. The van der Waals surface area contributed by atoms with Crippen LogP contribution in [0.2, 0.25) is 5.02 Å². The Morgan fingerprint density at radius 3 is 2.31 bits per heavy atom. The second-order valence-electron chi connectivity index (χ2n) is 4.38.